The number of rotatable bonds is 6. The number of anilines is 1. The second kappa shape index (κ2) is 7.56. The number of piperidine rings is 1. The van der Waals surface area contributed by atoms with Crippen LogP contribution in [-0.2, 0) is 11.3 Å². The van der Waals surface area contributed by atoms with Crippen LogP contribution in [0.5, 0.6) is 0 Å². The van der Waals surface area contributed by atoms with Gasteiger partial charge in [0, 0.05) is 32.3 Å². The maximum absolute atomic E-state index is 12.2. The van der Waals surface area contributed by atoms with E-state index < -0.39 is 0 Å². The molecule has 1 aliphatic rings. The van der Waals surface area contributed by atoms with Crippen LogP contribution in [0.3, 0.4) is 0 Å². The molecule has 0 bridgehead atoms. The minimum Gasteiger partial charge on any atom is -0.383 e. The second-order valence-corrected chi connectivity index (χ2v) is 5.84. The van der Waals surface area contributed by atoms with E-state index in [1.54, 1.807) is 19.4 Å². The van der Waals surface area contributed by atoms with Gasteiger partial charge in [-0.25, -0.2) is 4.68 Å². The topological polar surface area (TPSA) is 59.4 Å². The average molecular weight is 294 g/mol. The summed E-state index contributed by atoms with van der Waals surface area (Å²) in [6.07, 6.45) is 4.16. The minimum atomic E-state index is -0.0533. The molecule has 1 atom stereocenters. The summed E-state index contributed by atoms with van der Waals surface area (Å²) in [4.78, 5) is 14.5. The molecule has 1 aliphatic heterocycles. The molecule has 6 heteroatoms. The van der Waals surface area contributed by atoms with Crippen LogP contribution in [-0.4, -0.2) is 49.7 Å². The zero-order valence-corrected chi connectivity index (χ0v) is 13.2. The molecule has 0 radical (unpaired) electrons. The lowest BCUT2D eigenvalue weighted by molar-refractivity contribution is 0.159. The van der Waals surface area contributed by atoms with Crippen LogP contribution >= 0.6 is 0 Å². The van der Waals surface area contributed by atoms with Crippen molar-refractivity contribution in [3.63, 3.8) is 0 Å². The minimum absolute atomic E-state index is 0.0533. The lowest BCUT2D eigenvalue weighted by atomic mass is 9.99. The van der Waals surface area contributed by atoms with E-state index >= 15 is 0 Å². The number of hydrogen-bond donors (Lipinski definition) is 1. The Morgan fingerprint density at radius 3 is 2.76 bits per heavy atom. The number of aromatic nitrogens is 2. The van der Waals surface area contributed by atoms with Gasteiger partial charge in [0.2, 0.25) is 0 Å². The molecule has 0 aromatic carbocycles. The fraction of sp³-hybridized carbons (Fsp3) is 0.733. The Hall–Kier alpha value is -1.40. The molecule has 1 fully saturated rings. The first-order valence-electron chi connectivity index (χ1n) is 7.62. The predicted octanol–water partition coefficient (Wildman–Crippen LogP) is 0.714. The van der Waals surface area contributed by atoms with E-state index in [-0.39, 0.29) is 11.6 Å². The van der Waals surface area contributed by atoms with Crippen LogP contribution in [0.15, 0.2) is 17.1 Å². The van der Waals surface area contributed by atoms with E-state index in [1.807, 2.05) is 7.05 Å². The maximum atomic E-state index is 12.2. The van der Waals surface area contributed by atoms with Gasteiger partial charge in [0.05, 0.1) is 25.0 Å². The third-order valence-corrected chi connectivity index (χ3v) is 4.17. The first-order chi connectivity index (χ1) is 10.1. The largest absolute Gasteiger partial charge is 0.383 e. The van der Waals surface area contributed by atoms with Crippen LogP contribution in [0.1, 0.15) is 19.8 Å². The number of nitrogens with zero attached hydrogens (tertiary/aromatic N) is 3. The first-order valence-corrected chi connectivity index (χ1v) is 7.62. The third-order valence-electron chi connectivity index (χ3n) is 4.17. The Morgan fingerprint density at radius 1 is 1.48 bits per heavy atom. The summed E-state index contributed by atoms with van der Waals surface area (Å²) < 4.78 is 6.62. The lowest BCUT2D eigenvalue weighted by Gasteiger charge is -2.31. The van der Waals surface area contributed by atoms with Crippen molar-refractivity contribution in [3.05, 3.63) is 22.6 Å². The molecule has 1 N–H and O–H groups in total. The zero-order chi connectivity index (χ0) is 15.2. The standard InChI is InChI=1S/C15H26N4O2/c1-12-4-6-18(7-5-12)14-8-15(20)19(17-9-14)10-13(16-2)11-21-3/h8-9,12-13,16H,4-7,10-11H2,1-3H3. The van der Waals surface area contributed by atoms with Gasteiger partial charge < -0.3 is 15.0 Å². The molecule has 118 valence electrons. The molecule has 0 saturated carbocycles. The van der Waals surface area contributed by atoms with Gasteiger partial charge in [0.25, 0.3) is 5.56 Å². The lowest BCUT2D eigenvalue weighted by Crippen LogP contribution is -2.39. The summed E-state index contributed by atoms with van der Waals surface area (Å²) in [6, 6.07) is 1.78. The van der Waals surface area contributed by atoms with Crippen molar-refractivity contribution < 1.29 is 4.74 Å². The summed E-state index contributed by atoms with van der Waals surface area (Å²) in [5.41, 5.74) is 0.887. The molecular formula is C15H26N4O2. The van der Waals surface area contributed by atoms with E-state index in [0.717, 1.165) is 24.7 Å². The van der Waals surface area contributed by atoms with Gasteiger partial charge in [-0.2, -0.15) is 5.10 Å². The van der Waals surface area contributed by atoms with Crippen LogP contribution in [0.4, 0.5) is 5.69 Å². The van der Waals surface area contributed by atoms with E-state index in [0.29, 0.717) is 13.2 Å². The van der Waals surface area contributed by atoms with Crippen molar-refractivity contribution in [1.82, 2.24) is 15.1 Å². The summed E-state index contributed by atoms with van der Waals surface area (Å²) in [7, 11) is 3.51. The van der Waals surface area contributed by atoms with Gasteiger partial charge in [-0.05, 0) is 25.8 Å². The fourth-order valence-electron chi connectivity index (χ4n) is 2.64. The molecule has 21 heavy (non-hydrogen) atoms. The highest BCUT2D eigenvalue weighted by molar-refractivity contribution is 5.43. The fourth-order valence-corrected chi connectivity index (χ4v) is 2.64. The average Bonchev–Trinajstić information content (AvgIpc) is 2.49. The van der Waals surface area contributed by atoms with Crippen molar-refractivity contribution >= 4 is 5.69 Å². The zero-order valence-electron chi connectivity index (χ0n) is 13.2. The molecule has 1 aromatic rings. The van der Waals surface area contributed by atoms with Crippen molar-refractivity contribution in [3.8, 4) is 0 Å². The Balaban J connectivity index is 2.05. The molecule has 6 nitrogen and oxygen atoms in total. The summed E-state index contributed by atoms with van der Waals surface area (Å²) in [6.45, 7) is 5.36. The normalized spacial score (nSPS) is 18.0. The van der Waals surface area contributed by atoms with Crippen LogP contribution in [0.2, 0.25) is 0 Å². The highest BCUT2D eigenvalue weighted by atomic mass is 16.5. The van der Waals surface area contributed by atoms with Crippen molar-refractivity contribution in [2.24, 2.45) is 5.92 Å². The number of likely N-dealkylation sites (N-methyl/N-ethyl adjacent to an activating group) is 1. The Kier molecular flexibility index (Phi) is 5.76. The molecule has 2 rings (SSSR count). The van der Waals surface area contributed by atoms with Gasteiger partial charge >= 0.3 is 0 Å². The highest BCUT2D eigenvalue weighted by Gasteiger charge is 2.17. The maximum Gasteiger partial charge on any atom is 0.268 e. The number of methoxy groups -OCH3 is 1. The van der Waals surface area contributed by atoms with Gasteiger partial charge in [-0.15, -0.1) is 0 Å². The van der Waals surface area contributed by atoms with Gasteiger partial charge in [0.1, 0.15) is 0 Å². The summed E-state index contributed by atoms with van der Waals surface area (Å²) in [5.74, 6) is 0.778. The van der Waals surface area contributed by atoms with Crippen molar-refractivity contribution in [2.75, 3.05) is 38.8 Å². The molecule has 2 heterocycles. The molecular weight excluding hydrogens is 268 g/mol. The Morgan fingerprint density at radius 2 is 2.19 bits per heavy atom. The van der Waals surface area contributed by atoms with Crippen LogP contribution in [0.25, 0.3) is 0 Å². The molecule has 0 aliphatic carbocycles. The quantitative estimate of drug-likeness (QED) is 0.837. The van der Waals surface area contributed by atoms with Gasteiger partial charge in [-0.1, -0.05) is 6.92 Å². The van der Waals surface area contributed by atoms with Gasteiger partial charge in [0.15, 0.2) is 0 Å². The Bertz CT molecular complexity index is 495. The van der Waals surface area contributed by atoms with Crippen LogP contribution < -0.4 is 15.8 Å². The van der Waals surface area contributed by atoms with E-state index in [1.165, 1.54) is 17.5 Å². The number of hydrogen-bond acceptors (Lipinski definition) is 5. The monoisotopic (exact) mass is 294 g/mol. The highest BCUT2D eigenvalue weighted by Crippen LogP contribution is 2.20. The SMILES string of the molecule is CNC(COC)Cn1ncc(N2CCC(C)CC2)cc1=O. The molecule has 0 spiro atoms. The van der Waals surface area contributed by atoms with E-state index in [2.05, 4.69) is 22.2 Å². The molecule has 0 amide bonds. The Labute approximate surface area is 126 Å². The number of ether oxygens (including phenoxy) is 1. The molecule has 1 unspecified atom stereocenters. The van der Waals surface area contributed by atoms with E-state index in [4.69, 9.17) is 4.74 Å². The molecule has 1 aromatic heterocycles. The third kappa shape index (κ3) is 4.28. The summed E-state index contributed by atoms with van der Waals surface area (Å²) in [5, 5.41) is 7.44. The first kappa shape index (κ1) is 16.0. The van der Waals surface area contributed by atoms with Gasteiger partial charge in [-0.3, -0.25) is 4.79 Å². The van der Waals surface area contributed by atoms with Crippen molar-refractivity contribution in [2.45, 2.75) is 32.4 Å². The second-order valence-electron chi connectivity index (χ2n) is 5.84. The number of nitrogens with one attached hydrogen (secondary N) is 1. The van der Waals surface area contributed by atoms with Crippen molar-refractivity contribution in [1.29, 1.82) is 0 Å². The predicted molar refractivity (Wildman–Crippen MR) is 83.8 cm³/mol. The molecule has 1 saturated heterocycles. The van der Waals surface area contributed by atoms with Crippen LogP contribution in [0, 0.1) is 5.92 Å². The van der Waals surface area contributed by atoms with E-state index in [9.17, 15) is 4.79 Å². The smallest absolute Gasteiger partial charge is 0.268 e. The summed E-state index contributed by atoms with van der Waals surface area (Å²) >= 11 is 0.